The smallest absolute Gasteiger partial charge is 0.343 e. The van der Waals surface area contributed by atoms with Crippen molar-refractivity contribution in [1.29, 1.82) is 0 Å². The number of aromatic nitrogens is 7. The third-order valence-corrected chi connectivity index (χ3v) is 5.62. The summed E-state index contributed by atoms with van der Waals surface area (Å²) < 4.78 is 34.2. The molecule has 0 spiro atoms. The van der Waals surface area contributed by atoms with Gasteiger partial charge in [-0.2, -0.15) is 9.97 Å². The van der Waals surface area contributed by atoms with E-state index in [2.05, 4.69) is 35.6 Å². The molecule has 0 aliphatic carbocycles. The van der Waals surface area contributed by atoms with Crippen molar-refractivity contribution in [3.63, 3.8) is 0 Å². The molecule has 0 saturated carbocycles. The number of fused-ring (bicyclic) bond motifs is 2. The Morgan fingerprint density at radius 1 is 1.12 bits per heavy atom. The Bertz CT molecular complexity index is 1480. The molecule has 0 radical (unpaired) electrons. The molecular formula is C21H17FN8O2S. The van der Waals surface area contributed by atoms with Gasteiger partial charge in [0.15, 0.2) is 17.4 Å². The Morgan fingerprint density at radius 3 is 2.76 bits per heavy atom. The Hall–Kier alpha value is -3.90. The molecule has 5 rings (SSSR count). The first-order valence-corrected chi connectivity index (χ1v) is 11.3. The molecule has 3 aromatic heterocycles. The first-order chi connectivity index (χ1) is 15.9. The van der Waals surface area contributed by atoms with E-state index in [0.717, 1.165) is 5.52 Å². The number of ether oxygens (including phenoxy) is 1. The number of rotatable bonds is 5. The summed E-state index contributed by atoms with van der Waals surface area (Å²) in [6.07, 6.45) is 4.31. The second-order valence-electron chi connectivity index (χ2n) is 7.26. The van der Waals surface area contributed by atoms with Gasteiger partial charge in [-0.1, -0.05) is 5.21 Å². The first kappa shape index (κ1) is 21.0. The zero-order valence-corrected chi connectivity index (χ0v) is 18.6. The summed E-state index contributed by atoms with van der Waals surface area (Å²) in [5.41, 5.74) is 3.36. The number of benzene rings is 2. The molecule has 0 bridgehead atoms. The van der Waals surface area contributed by atoms with Crippen LogP contribution in [0.15, 0.2) is 48.0 Å². The van der Waals surface area contributed by atoms with Crippen LogP contribution in [0.5, 0.6) is 11.5 Å². The average molecular weight is 464 g/mol. The van der Waals surface area contributed by atoms with Crippen molar-refractivity contribution in [2.24, 2.45) is 7.05 Å². The van der Waals surface area contributed by atoms with Crippen molar-refractivity contribution in [3.8, 4) is 11.5 Å². The van der Waals surface area contributed by atoms with E-state index >= 15 is 4.39 Å². The first-order valence-electron chi connectivity index (χ1n) is 9.74. The number of hydrogen-bond acceptors (Lipinski definition) is 9. The van der Waals surface area contributed by atoms with Gasteiger partial charge in [-0.3, -0.25) is 0 Å². The summed E-state index contributed by atoms with van der Waals surface area (Å²) in [6, 6.07) is 8.28. The van der Waals surface area contributed by atoms with Gasteiger partial charge in [0.2, 0.25) is 0 Å². The van der Waals surface area contributed by atoms with Gasteiger partial charge in [-0.15, -0.1) is 5.10 Å². The molecule has 3 heterocycles. The highest BCUT2D eigenvalue weighted by Gasteiger charge is 2.16. The predicted molar refractivity (Wildman–Crippen MR) is 120 cm³/mol. The highest BCUT2D eigenvalue weighted by Crippen LogP contribution is 2.33. The minimum atomic E-state index is -1.37. The maximum atomic E-state index is 15.0. The SMILES string of the molecule is Cc1cc(Nc2ncnc3cnc([S+](C)[O-])nc23)cc(F)c1Oc1ccc2c(c1)nnn2C. The zero-order valence-electron chi connectivity index (χ0n) is 17.8. The van der Waals surface area contributed by atoms with Crippen LogP contribution in [0.2, 0.25) is 0 Å². The lowest BCUT2D eigenvalue weighted by Crippen LogP contribution is -2.06. The third kappa shape index (κ3) is 4.01. The maximum Gasteiger partial charge on any atom is 0.343 e. The van der Waals surface area contributed by atoms with Crippen molar-refractivity contribution < 1.29 is 13.7 Å². The molecule has 2 aromatic carbocycles. The second-order valence-corrected chi connectivity index (χ2v) is 8.53. The van der Waals surface area contributed by atoms with Crippen LogP contribution in [-0.4, -0.2) is 45.7 Å². The Kier molecular flexibility index (Phi) is 5.23. The minimum absolute atomic E-state index is 0.0994. The molecule has 166 valence electrons. The Morgan fingerprint density at radius 2 is 1.97 bits per heavy atom. The van der Waals surface area contributed by atoms with Gasteiger partial charge >= 0.3 is 5.16 Å². The van der Waals surface area contributed by atoms with Crippen molar-refractivity contribution in [3.05, 3.63) is 54.2 Å². The summed E-state index contributed by atoms with van der Waals surface area (Å²) in [7, 11) is 1.79. The molecule has 5 aromatic rings. The molecule has 1 unspecified atom stereocenters. The van der Waals surface area contributed by atoms with Gasteiger partial charge in [0, 0.05) is 36.0 Å². The standard InChI is InChI=1S/C21H17FN8O2S/c1-11-6-12(26-20-18-16(24-10-25-20)9-23-21(27-18)33(3)31)7-14(22)19(11)32-13-4-5-17-15(8-13)28-29-30(17)2/h4-10H,1-3H3,(H,24,25,26). The van der Waals surface area contributed by atoms with Gasteiger partial charge in [0.1, 0.15) is 34.9 Å². The van der Waals surface area contributed by atoms with Crippen LogP contribution < -0.4 is 10.1 Å². The highest BCUT2D eigenvalue weighted by atomic mass is 32.2. The van der Waals surface area contributed by atoms with E-state index in [9.17, 15) is 4.55 Å². The molecule has 1 N–H and O–H groups in total. The Labute approximate surface area is 190 Å². The van der Waals surface area contributed by atoms with E-state index < -0.39 is 17.0 Å². The van der Waals surface area contributed by atoms with Crippen molar-refractivity contribution >= 4 is 44.7 Å². The van der Waals surface area contributed by atoms with E-state index in [0.29, 0.717) is 39.4 Å². The molecule has 12 heteroatoms. The summed E-state index contributed by atoms with van der Waals surface area (Å²) in [5.74, 6) is 0.335. The number of nitrogens with zero attached hydrogens (tertiary/aromatic N) is 7. The lowest BCUT2D eigenvalue weighted by molar-refractivity contribution is 0.439. The predicted octanol–water partition coefficient (Wildman–Crippen LogP) is 3.42. The third-order valence-electron chi connectivity index (χ3n) is 4.91. The zero-order chi connectivity index (χ0) is 23.1. The number of hydrogen-bond donors (Lipinski definition) is 1. The van der Waals surface area contributed by atoms with Crippen LogP contribution in [0, 0.1) is 12.7 Å². The van der Waals surface area contributed by atoms with Crippen LogP contribution in [0.25, 0.3) is 22.1 Å². The molecular weight excluding hydrogens is 447 g/mol. The summed E-state index contributed by atoms with van der Waals surface area (Å²) in [6.45, 7) is 1.74. The van der Waals surface area contributed by atoms with E-state index in [-0.39, 0.29) is 10.9 Å². The lowest BCUT2D eigenvalue weighted by Gasteiger charge is -2.13. The largest absolute Gasteiger partial charge is 0.609 e. The lowest BCUT2D eigenvalue weighted by atomic mass is 10.2. The number of aryl methyl sites for hydroxylation is 2. The van der Waals surface area contributed by atoms with Gasteiger partial charge in [-0.25, -0.2) is 19.0 Å². The quantitative estimate of drug-likeness (QED) is 0.307. The molecule has 0 fully saturated rings. The fourth-order valence-electron chi connectivity index (χ4n) is 3.34. The van der Waals surface area contributed by atoms with Crippen LogP contribution in [0.3, 0.4) is 0 Å². The summed E-state index contributed by atoms with van der Waals surface area (Å²) >= 11 is -1.37. The van der Waals surface area contributed by atoms with Gasteiger partial charge in [-0.05, 0) is 30.7 Å². The van der Waals surface area contributed by atoms with E-state index in [4.69, 9.17) is 4.74 Å². The molecule has 0 aliphatic rings. The molecule has 1 atom stereocenters. The average Bonchev–Trinajstić information content (AvgIpc) is 3.16. The molecule has 0 saturated heterocycles. The van der Waals surface area contributed by atoms with Gasteiger partial charge in [0.25, 0.3) is 0 Å². The fourth-order valence-corrected chi connectivity index (χ4v) is 3.76. The van der Waals surface area contributed by atoms with Crippen molar-refractivity contribution in [2.75, 3.05) is 11.6 Å². The maximum absolute atomic E-state index is 15.0. The van der Waals surface area contributed by atoms with Crippen molar-refractivity contribution in [2.45, 2.75) is 12.1 Å². The van der Waals surface area contributed by atoms with Crippen LogP contribution in [0.1, 0.15) is 5.56 Å². The fraction of sp³-hybridized carbons (Fsp3) is 0.143. The van der Waals surface area contributed by atoms with Crippen LogP contribution >= 0.6 is 0 Å². The monoisotopic (exact) mass is 464 g/mol. The van der Waals surface area contributed by atoms with Crippen LogP contribution in [0.4, 0.5) is 15.9 Å². The normalized spacial score (nSPS) is 12.3. The van der Waals surface area contributed by atoms with E-state index in [1.807, 2.05) is 6.07 Å². The topological polar surface area (TPSA) is 127 Å². The summed E-state index contributed by atoms with van der Waals surface area (Å²) in [4.78, 5) is 16.7. The highest BCUT2D eigenvalue weighted by molar-refractivity contribution is 7.90. The van der Waals surface area contributed by atoms with Gasteiger partial charge in [0.05, 0.1) is 11.7 Å². The summed E-state index contributed by atoms with van der Waals surface area (Å²) in [5, 5.41) is 11.2. The van der Waals surface area contributed by atoms with Crippen LogP contribution in [-0.2, 0) is 18.2 Å². The van der Waals surface area contributed by atoms with E-state index in [1.165, 1.54) is 24.8 Å². The molecule has 0 aliphatic heterocycles. The molecule has 33 heavy (non-hydrogen) atoms. The van der Waals surface area contributed by atoms with Gasteiger partial charge < -0.3 is 14.6 Å². The number of anilines is 2. The second kappa shape index (κ2) is 8.22. The number of nitrogens with one attached hydrogen (secondary N) is 1. The molecule has 10 nitrogen and oxygen atoms in total. The van der Waals surface area contributed by atoms with Crippen molar-refractivity contribution in [1.82, 2.24) is 34.9 Å². The number of halogens is 1. The minimum Gasteiger partial charge on any atom is -0.609 e. The van der Waals surface area contributed by atoms with E-state index in [1.54, 1.807) is 36.9 Å². The molecule has 0 amide bonds. The Balaban J connectivity index is 1.45.